The van der Waals surface area contributed by atoms with Crippen molar-refractivity contribution < 1.29 is 21.9 Å². The zero-order valence-electron chi connectivity index (χ0n) is 11.0. The molecule has 0 saturated heterocycles. The third-order valence-corrected chi connectivity index (χ3v) is 5.77. The first-order valence-corrected chi connectivity index (χ1v) is 9.50. The molecule has 0 fully saturated rings. The second-order valence-electron chi connectivity index (χ2n) is 4.27. The molecular weight excluding hydrogens is 326 g/mol. The molecule has 0 bridgehead atoms. The van der Waals surface area contributed by atoms with Crippen LogP contribution >= 0.6 is 11.6 Å². The molecule has 0 aliphatic heterocycles. The number of nitrogens with one attached hydrogen (secondary N) is 1. The number of sulfonamides is 1. The van der Waals surface area contributed by atoms with Gasteiger partial charge in [-0.1, -0.05) is 18.5 Å². The fourth-order valence-corrected chi connectivity index (χ4v) is 4.01. The van der Waals surface area contributed by atoms with Crippen LogP contribution in [-0.4, -0.2) is 40.8 Å². The topological polar surface area (TPSA) is 101 Å². The Hall–Kier alpha value is -0.670. The predicted octanol–water partition coefficient (Wildman–Crippen LogP) is 0.793. The Morgan fingerprint density at radius 2 is 1.90 bits per heavy atom. The number of halogens is 1. The highest BCUT2D eigenvalue weighted by Crippen LogP contribution is 2.25. The zero-order valence-corrected chi connectivity index (χ0v) is 13.4. The minimum absolute atomic E-state index is 0.0855. The summed E-state index contributed by atoms with van der Waals surface area (Å²) < 4.78 is 49.5. The zero-order chi connectivity index (χ0) is 15.6. The third-order valence-electron chi connectivity index (χ3n) is 2.66. The molecule has 0 unspecified atom stereocenters. The van der Waals surface area contributed by atoms with Gasteiger partial charge >= 0.3 is 0 Å². The molecule has 0 amide bonds. The fourth-order valence-electron chi connectivity index (χ4n) is 1.45. The van der Waals surface area contributed by atoms with E-state index in [-0.39, 0.29) is 21.4 Å². The summed E-state index contributed by atoms with van der Waals surface area (Å²) in [6.45, 7) is 1.34. The molecule has 0 aliphatic rings. The van der Waals surface area contributed by atoms with Crippen LogP contribution in [0.3, 0.4) is 0 Å². The first-order chi connectivity index (χ1) is 9.11. The minimum Gasteiger partial charge on any atom is -0.395 e. The third kappa shape index (κ3) is 4.16. The number of benzene rings is 1. The molecule has 0 radical (unpaired) electrons. The van der Waals surface area contributed by atoms with Crippen LogP contribution in [0.4, 0.5) is 0 Å². The van der Waals surface area contributed by atoms with Gasteiger partial charge in [0.2, 0.25) is 10.0 Å². The van der Waals surface area contributed by atoms with Gasteiger partial charge in [-0.2, -0.15) is 0 Å². The summed E-state index contributed by atoms with van der Waals surface area (Å²) >= 11 is 5.82. The first kappa shape index (κ1) is 17.4. The largest absolute Gasteiger partial charge is 0.395 e. The number of rotatable bonds is 6. The van der Waals surface area contributed by atoms with Gasteiger partial charge in [-0.05, 0) is 24.6 Å². The van der Waals surface area contributed by atoms with Crippen LogP contribution in [0.15, 0.2) is 28.0 Å². The maximum atomic E-state index is 12.2. The van der Waals surface area contributed by atoms with Gasteiger partial charge in [0.15, 0.2) is 9.84 Å². The number of aliphatic hydroxyl groups excluding tert-OH is 1. The first-order valence-electron chi connectivity index (χ1n) is 5.74. The maximum absolute atomic E-state index is 12.2. The molecule has 0 aliphatic carbocycles. The summed E-state index contributed by atoms with van der Waals surface area (Å²) in [5.41, 5.74) is 0. The molecule has 1 atom stereocenters. The van der Waals surface area contributed by atoms with Crippen molar-refractivity contribution in [1.82, 2.24) is 4.72 Å². The summed E-state index contributed by atoms with van der Waals surface area (Å²) in [5, 5.41) is 8.95. The predicted molar refractivity (Wildman–Crippen MR) is 76.0 cm³/mol. The Morgan fingerprint density at radius 1 is 1.30 bits per heavy atom. The van der Waals surface area contributed by atoms with Crippen molar-refractivity contribution >= 4 is 31.5 Å². The highest BCUT2D eigenvalue weighted by atomic mass is 35.5. The van der Waals surface area contributed by atoms with Crippen molar-refractivity contribution in [3.63, 3.8) is 0 Å². The molecule has 0 spiro atoms. The van der Waals surface area contributed by atoms with E-state index in [2.05, 4.69) is 4.72 Å². The monoisotopic (exact) mass is 341 g/mol. The highest BCUT2D eigenvalue weighted by molar-refractivity contribution is 7.91. The number of hydrogen-bond donors (Lipinski definition) is 2. The molecule has 1 rings (SSSR count). The normalized spacial score (nSPS) is 14.2. The Kier molecular flexibility index (Phi) is 5.56. The smallest absolute Gasteiger partial charge is 0.242 e. The molecule has 6 nitrogen and oxygen atoms in total. The van der Waals surface area contributed by atoms with Gasteiger partial charge in [0, 0.05) is 12.3 Å². The molecule has 0 heterocycles. The van der Waals surface area contributed by atoms with E-state index in [0.29, 0.717) is 6.42 Å². The molecule has 2 N–H and O–H groups in total. The fraction of sp³-hybridized carbons (Fsp3) is 0.455. The molecule has 9 heteroatoms. The lowest BCUT2D eigenvalue weighted by atomic mass is 10.3. The Bertz CT molecular complexity index is 681. The van der Waals surface area contributed by atoms with E-state index in [1.165, 1.54) is 12.1 Å². The summed E-state index contributed by atoms with van der Waals surface area (Å²) in [5.74, 6) is 0. The van der Waals surface area contributed by atoms with E-state index in [1.807, 2.05) is 0 Å². The van der Waals surface area contributed by atoms with Crippen molar-refractivity contribution in [2.75, 3.05) is 12.9 Å². The van der Waals surface area contributed by atoms with Gasteiger partial charge in [-0.25, -0.2) is 21.6 Å². The van der Waals surface area contributed by atoms with Crippen LogP contribution < -0.4 is 4.72 Å². The quantitative estimate of drug-likeness (QED) is 0.796. The lowest BCUT2D eigenvalue weighted by Crippen LogP contribution is -2.37. The molecule has 20 heavy (non-hydrogen) atoms. The van der Waals surface area contributed by atoms with E-state index >= 15 is 0 Å². The summed E-state index contributed by atoms with van der Waals surface area (Å²) in [6, 6.07) is 2.80. The average molecular weight is 342 g/mol. The average Bonchev–Trinajstić information content (AvgIpc) is 2.34. The summed E-state index contributed by atoms with van der Waals surface area (Å²) in [4.78, 5) is -0.465. The molecule has 114 valence electrons. The molecule has 1 aromatic rings. The maximum Gasteiger partial charge on any atom is 0.242 e. The SMILES string of the molecule is CC[C@H](CO)NS(=O)(=O)c1cc(S(C)(=O)=O)ccc1Cl. The van der Waals surface area contributed by atoms with Gasteiger partial charge in [0.1, 0.15) is 4.90 Å². The summed E-state index contributed by atoms with van der Waals surface area (Å²) in [7, 11) is -7.55. The lowest BCUT2D eigenvalue weighted by molar-refractivity contribution is 0.254. The van der Waals surface area contributed by atoms with Crippen LogP contribution in [0.1, 0.15) is 13.3 Å². The molecule has 1 aromatic carbocycles. The van der Waals surface area contributed by atoms with Gasteiger partial charge < -0.3 is 5.11 Å². The van der Waals surface area contributed by atoms with Gasteiger partial charge in [0.05, 0.1) is 16.5 Å². The van der Waals surface area contributed by atoms with Crippen molar-refractivity contribution in [1.29, 1.82) is 0 Å². The Morgan fingerprint density at radius 3 is 2.35 bits per heavy atom. The number of hydrogen-bond acceptors (Lipinski definition) is 5. The minimum atomic E-state index is -4.00. The van der Waals surface area contributed by atoms with E-state index in [4.69, 9.17) is 16.7 Å². The van der Waals surface area contributed by atoms with Crippen LogP contribution in [0.2, 0.25) is 5.02 Å². The molecular formula is C11H16ClNO5S2. The second kappa shape index (κ2) is 6.40. The standard InChI is InChI=1S/C11H16ClNO5S2/c1-3-8(7-14)13-20(17,18)11-6-9(19(2,15)16)4-5-10(11)12/h4-6,8,13-14H,3,7H2,1-2H3/t8-/m1/s1. The van der Waals surface area contributed by atoms with Gasteiger partial charge in [0.25, 0.3) is 0 Å². The van der Waals surface area contributed by atoms with E-state index < -0.39 is 25.9 Å². The van der Waals surface area contributed by atoms with Crippen molar-refractivity contribution in [2.45, 2.75) is 29.2 Å². The second-order valence-corrected chi connectivity index (χ2v) is 8.38. The summed E-state index contributed by atoms with van der Waals surface area (Å²) in [6.07, 6.45) is 1.36. The van der Waals surface area contributed by atoms with Crippen molar-refractivity contribution in [3.8, 4) is 0 Å². The van der Waals surface area contributed by atoms with E-state index in [0.717, 1.165) is 12.3 Å². The Balaban J connectivity index is 3.31. The van der Waals surface area contributed by atoms with Crippen LogP contribution in [-0.2, 0) is 19.9 Å². The van der Waals surface area contributed by atoms with Crippen LogP contribution in [0, 0.1) is 0 Å². The highest BCUT2D eigenvalue weighted by Gasteiger charge is 2.23. The van der Waals surface area contributed by atoms with Crippen molar-refractivity contribution in [2.24, 2.45) is 0 Å². The number of aliphatic hydroxyl groups is 1. The Labute approximate surface area is 123 Å². The number of sulfone groups is 1. The lowest BCUT2D eigenvalue weighted by Gasteiger charge is -2.15. The van der Waals surface area contributed by atoms with Gasteiger partial charge in [-0.15, -0.1) is 0 Å². The van der Waals surface area contributed by atoms with Gasteiger partial charge in [-0.3, -0.25) is 0 Å². The molecule has 0 saturated carbocycles. The van der Waals surface area contributed by atoms with E-state index in [9.17, 15) is 16.8 Å². The molecule has 0 aromatic heterocycles. The van der Waals surface area contributed by atoms with Crippen LogP contribution in [0.25, 0.3) is 0 Å². The van der Waals surface area contributed by atoms with E-state index in [1.54, 1.807) is 6.92 Å². The van der Waals surface area contributed by atoms with Crippen LogP contribution in [0.5, 0.6) is 0 Å². The van der Waals surface area contributed by atoms with Crippen molar-refractivity contribution in [3.05, 3.63) is 23.2 Å².